The van der Waals surface area contributed by atoms with E-state index in [1.165, 1.54) is 19.3 Å². The Morgan fingerprint density at radius 2 is 2.00 bits per heavy atom. The van der Waals surface area contributed by atoms with Gasteiger partial charge in [0.15, 0.2) is 0 Å². The molecule has 1 N–H and O–H groups in total. The minimum atomic E-state index is 0.190. The number of benzene rings is 1. The highest BCUT2D eigenvalue weighted by atomic mass is 79.9. The molecule has 0 aromatic heterocycles. The fraction of sp³-hybridized carbons (Fsp3) is 0.500. The Morgan fingerprint density at radius 1 is 1.29 bits per heavy atom. The summed E-state index contributed by atoms with van der Waals surface area (Å²) in [6.45, 7) is 2.02. The molecule has 3 heteroatoms. The van der Waals surface area contributed by atoms with Gasteiger partial charge in [0.25, 0.3) is 0 Å². The number of carbonyl (C=O) groups excluding carboxylic acids is 1. The van der Waals surface area contributed by atoms with Gasteiger partial charge in [0, 0.05) is 16.1 Å². The van der Waals surface area contributed by atoms with Crippen molar-refractivity contribution in [3.8, 4) is 0 Å². The lowest BCUT2D eigenvalue weighted by Gasteiger charge is -2.21. The molecule has 17 heavy (non-hydrogen) atoms. The van der Waals surface area contributed by atoms with Gasteiger partial charge in [0.1, 0.15) is 0 Å². The van der Waals surface area contributed by atoms with E-state index in [0.717, 1.165) is 28.6 Å². The van der Waals surface area contributed by atoms with Crippen molar-refractivity contribution < 1.29 is 4.79 Å². The monoisotopic (exact) mass is 295 g/mol. The minimum absolute atomic E-state index is 0.190. The third-order valence-electron chi connectivity index (χ3n) is 3.42. The number of halogens is 1. The molecule has 92 valence electrons. The van der Waals surface area contributed by atoms with Crippen LogP contribution >= 0.6 is 15.9 Å². The van der Waals surface area contributed by atoms with E-state index in [-0.39, 0.29) is 11.8 Å². The average Bonchev–Trinajstić information content (AvgIpc) is 2.34. The van der Waals surface area contributed by atoms with Gasteiger partial charge in [-0.1, -0.05) is 35.2 Å². The van der Waals surface area contributed by atoms with Gasteiger partial charge in [0.2, 0.25) is 5.91 Å². The van der Waals surface area contributed by atoms with Crippen LogP contribution in [0.4, 0.5) is 5.69 Å². The predicted molar refractivity (Wildman–Crippen MR) is 74.1 cm³/mol. The van der Waals surface area contributed by atoms with Crippen LogP contribution in [0.5, 0.6) is 0 Å². The highest BCUT2D eigenvalue weighted by Crippen LogP contribution is 2.26. The molecule has 1 aliphatic carbocycles. The van der Waals surface area contributed by atoms with Gasteiger partial charge in [-0.25, -0.2) is 0 Å². The summed E-state index contributed by atoms with van der Waals surface area (Å²) in [6.07, 6.45) is 5.75. The van der Waals surface area contributed by atoms with E-state index in [1.807, 2.05) is 25.1 Å². The van der Waals surface area contributed by atoms with E-state index >= 15 is 0 Å². The first-order chi connectivity index (χ1) is 8.16. The molecule has 1 fully saturated rings. The molecule has 0 radical (unpaired) electrons. The van der Waals surface area contributed by atoms with Gasteiger partial charge in [-0.2, -0.15) is 0 Å². The van der Waals surface area contributed by atoms with Gasteiger partial charge in [-0.3, -0.25) is 4.79 Å². The Morgan fingerprint density at radius 3 is 2.65 bits per heavy atom. The topological polar surface area (TPSA) is 29.1 Å². The van der Waals surface area contributed by atoms with Gasteiger partial charge in [-0.05, 0) is 43.5 Å². The van der Waals surface area contributed by atoms with Gasteiger partial charge >= 0.3 is 0 Å². The second kappa shape index (κ2) is 5.67. The van der Waals surface area contributed by atoms with Crippen molar-refractivity contribution in [3.05, 3.63) is 28.2 Å². The lowest BCUT2D eigenvalue weighted by atomic mass is 9.88. The normalized spacial score (nSPS) is 16.8. The molecule has 0 atom stereocenters. The Kier molecular flexibility index (Phi) is 4.21. The summed E-state index contributed by atoms with van der Waals surface area (Å²) in [4.78, 5) is 12.1. The van der Waals surface area contributed by atoms with Crippen molar-refractivity contribution in [2.24, 2.45) is 5.92 Å². The van der Waals surface area contributed by atoms with Crippen LogP contribution in [-0.2, 0) is 4.79 Å². The number of hydrogen-bond acceptors (Lipinski definition) is 1. The fourth-order valence-electron chi connectivity index (χ4n) is 2.37. The Balaban J connectivity index is 2.02. The molecule has 0 heterocycles. The molecule has 1 aromatic carbocycles. The Bertz CT molecular complexity index is 411. The van der Waals surface area contributed by atoms with Crippen molar-refractivity contribution in [1.29, 1.82) is 0 Å². The van der Waals surface area contributed by atoms with E-state index < -0.39 is 0 Å². The van der Waals surface area contributed by atoms with Crippen molar-refractivity contribution in [3.63, 3.8) is 0 Å². The SMILES string of the molecule is Cc1cc(Br)ccc1NC(=O)C1CCCCC1. The van der Waals surface area contributed by atoms with Gasteiger partial charge in [0.05, 0.1) is 0 Å². The number of rotatable bonds is 2. The zero-order valence-electron chi connectivity index (χ0n) is 10.1. The van der Waals surface area contributed by atoms with Gasteiger partial charge < -0.3 is 5.32 Å². The van der Waals surface area contributed by atoms with Crippen LogP contribution in [-0.4, -0.2) is 5.91 Å². The Labute approximate surface area is 111 Å². The van der Waals surface area contributed by atoms with Crippen molar-refractivity contribution in [2.45, 2.75) is 39.0 Å². The number of carbonyl (C=O) groups is 1. The first-order valence-electron chi connectivity index (χ1n) is 6.24. The Hall–Kier alpha value is -0.830. The summed E-state index contributed by atoms with van der Waals surface area (Å²) in [5.74, 6) is 0.405. The maximum atomic E-state index is 12.1. The van der Waals surface area contributed by atoms with Crippen LogP contribution < -0.4 is 5.32 Å². The van der Waals surface area contributed by atoms with Crippen molar-refractivity contribution in [2.75, 3.05) is 5.32 Å². The van der Waals surface area contributed by atoms with E-state index in [0.29, 0.717) is 0 Å². The first-order valence-corrected chi connectivity index (χ1v) is 7.03. The molecule has 2 nitrogen and oxygen atoms in total. The zero-order valence-corrected chi connectivity index (χ0v) is 11.7. The summed E-state index contributed by atoms with van der Waals surface area (Å²) >= 11 is 3.43. The molecule has 1 amide bonds. The summed E-state index contributed by atoms with van der Waals surface area (Å²) in [5, 5.41) is 3.05. The maximum absolute atomic E-state index is 12.1. The van der Waals surface area contributed by atoms with Crippen LogP contribution in [0.2, 0.25) is 0 Å². The number of hydrogen-bond donors (Lipinski definition) is 1. The molecular weight excluding hydrogens is 278 g/mol. The quantitative estimate of drug-likeness (QED) is 0.867. The molecule has 1 saturated carbocycles. The minimum Gasteiger partial charge on any atom is -0.326 e. The largest absolute Gasteiger partial charge is 0.326 e. The van der Waals surface area contributed by atoms with E-state index in [4.69, 9.17) is 0 Å². The number of anilines is 1. The summed E-state index contributed by atoms with van der Waals surface area (Å²) in [5.41, 5.74) is 2.03. The summed E-state index contributed by atoms with van der Waals surface area (Å²) in [6, 6.07) is 5.94. The molecule has 0 unspecified atom stereocenters. The highest BCUT2D eigenvalue weighted by Gasteiger charge is 2.21. The van der Waals surface area contributed by atoms with Crippen molar-refractivity contribution in [1.82, 2.24) is 0 Å². The molecular formula is C14H18BrNO. The number of aryl methyl sites for hydroxylation is 1. The molecule has 0 spiro atoms. The first kappa shape index (κ1) is 12.6. The summed E-state index contributed by atoms with van der Waals surface area (Å²) in [7, 11) is 0. The second-order valence-electron chi connectivity index (χ2n) is 4.78. The number of nitrogens with one attached hydrogen (secondary N) is 1. The predicted octanol–water partition coefficient (Wildman–Crippen LogP) is 4.28. The highest BCUT2D eigenvalue weighted by molar-refractivity contribution is 9.10. The van der Waals surface area contributed by atoms with Crippen LogP contribution in [0.15, 0.2) is 22.7 Å². The lowest BCUT2D eigenvalue weighted by Crippen LogP contribution is -2.25. The van der Waals surface area contributed by atoms with E-state index in [2.05, 4.69) is 21.2 Å². The third kappa shape index (κ3) is 3.32. The molecule has 0 bridgehead atoms. The lowest BCUT2D eigenvalue weighted by molar-refractivity contribution is -0.120. The standard InChI is InChI=1S/C14H18BrNO/c1-10-9-12(15)7-8-13(10)16-14(17)11-5-3-2-4-6-11/h7-9,11H,2-6H2,1H3,(H,16,17). The number of amides is 1. The summed E-state index contributed by atoms with van der Waals surface area (Å²) < 4.78 is 1.05. The van der Waals surface area contributed by atoms with Crippen molar-refractivity contribution >= 4 is 27.5 Å². The van der Waals surface area contributed by atoms with E-state index in [1.54, 1.807) is 0 Å². The van der Waals surface area contributed by atoms with Crippen LogP contribution in [0.1, 0.15) is 37.7 Å². The van der Waals surface area contributed by atoms with Crippen LogP contribution in [0, 0.1) is 12.8 Å². The van der Waals surface area contributed by atoms with Crippen LogP contribution in [0.3, 0.4) is 0 Å². The molecule has 1 aromatic rings. The van der Waals surface area contributed by atoms with Gasteiger partial charge in [-0.15, -0.1) is 0 Å². The zero-order chi connectivity index (χ0) is 12.3. The van der Waals surface area contributed by atoms with Crippen LogP contribution in [0.25, 0.3) is 0 Å². The smallest absolute Gasteiger partial charge is 0.227 e. The molecule has 1 aliphatic rings. The maximum Gasteiger partial charge on any atom is 0.227 e. The molecule has 0 aliphatic heterocycles. The average molecular weight is 296 g/mol. The third-order valence-corrected chi connectivity index (χ3v) is 3.92. The molecule has 2 rings (SSSR count). The fourth-order valence-corrected chi connectivity index (χ4v) is 2.84. The second-order valence-corrected chi connectivity index (χ2v) is 5.70. The van der Waals surface area contributed by atoms with E-state index in [9.17, 15) is 4.79 Å². The molecule has 0 saturated heterocycles.